The molecule has 4 nitrogen and oxygen atoms in total. The fraction of sp³-hybridized carbons (Fsp3) is 0.800. The lowest BCUT2D eigenvalue weighted by Crippen LogP contribution is -2.14. The quantitative estimate of drug-likeness (QED) is 0.640. The third-order valence-corrected chi connectivity index (χ3v) is 2.18. The first kappa shape index (κ1) is 12.9. The van der Waals surface area contributed by atoms with Crippen molar-refractivity contribution in [1.82, 2.24) is 0 Å². The van der Waals surface area contributed by atoms with Gasteiger partial charge in [-0.15, -0.1) is 0 Å². The van der Waals surface area contributed by atoms with Crippen molar-refractivity contribution in [3.8, 4) is 0 Å². The second kappa shape index (κ2) is 7.35. The minimum absolute atomic E-state index is 0.0323. The minimum atomic E-state index is -0.968. The largest absolute Gasteiger partial charge is 0.481 e. The maximum absolute atomic E-state index is 11.0. The van der Waals surface area contributed by atoms with Crippen LogP contribution in [0, 0.1) is 5.92 Å². The van der Waals surface area contributed by atoms with Crippen LogP contribution in [-0.4, -0.2) is 23.7 Å². The Morgan fingerprint density at radius 2 is 1.79 bits per heavy atom. The van der Waals surface area contributed by atoms with Crippen LogP contribution in [-0.2, 0) is 14.3 Å². The van der Waals surface area contributed by atoms with Crippen molar-refractivity contribution in [3.05, 3.63) is 0 Å². The van der Waals surface area contributed by atoms with Crippen LogP contribution >= 0.6 is 0 Å². The zero-order valence-corrected chi connectivity index (χ0v) is 8.78. The molecule has 0 aromatic carbocycles. The third-order valence-electron chi connectivity index (χ3n) is 2.18. The van der Waals surface area contributed by atoms with E-state index in [1.807, 2.05) is 13.8 Å². The van der Waals surface area contributed by atoms with Crippen LogP contribution in [0.5, 0.6) is 0 Å². The summed E-state index contributed by atoms with van der Waals surface area (Å²) in [6.07, 6.45) is 1.77. The number of carboxylic acids is 1. The Morgan fingerprint density at radius 1 is 1.21 bits per heavy atom. The predicted molar refractivity (Wildman–Crippen MR) is 51.9 cm³/mol. The lowest BCUT2D eigenvalue weighted by atomic mass is 10.1. The Balaban J connectivity index is 3.57. The highest BCUT2D eigenvalue weighted by Crippen LogP contribution is 2.08. The third kappa shape index (κ3) is 6.46. The number of hydrogen-bond acceptors (Lipinski definition) is 3. The first-order valence-corrected chi connectivity index (χ1v) is 4.97. The van der Waals surface area contributed by atoms with Gasteiger partial charge in [-0.05, 0) is 5.92 Å². The monoisotopic (exact) mass is 202 g/mol. The molecule has 0 aromatic heterocycles. The van der Waals surface area contributed by atoms with Gasteiger partial charge >= 0.3 is 11.9 Å². The highest BCUT2D eigenvalue weighted by molar-refractivity contribution is 5.76. The van der Waals surface area contributed by atoms with E-state index >= 15 is 0 Å². The van der Waals surface area contributed by atoms with Gasteiger partial charge in [0.25, 0.3) is 0 Å². The van der Waals surface area contributed by atoms with Crippen molar-refractivity contribution < 1.29 is 19.4 Å². The second-order valence-corrected chi connectivity index (χ2v) is 3.26. The van der Waals surface area contributed by atoms with Crippen LogP contribution in [0.25, 0.3) is 0 Å². The number of carbonyl (C=O) groups excluding carboxylic acids is 1. The molecule has 0 aliphatic heterocycles. The lowest BCUT2D eigenvalue weighted by Gasteiger charge is -2.11. The van der Waals surface area contributed by atoms with Gasteiger partial charge in [0.05, 0.1) is 19.4 Å². The molecule has 0 aromatic rings. The van der Waals surface area contributed by atoms with E-state index in [1.165, 1.54) is 0 Å². The standard InChI is InChI=1S/C10H18O4/c1-3-8(4-2)7-14-10(13)6-5-9(11)12/h8H,3-7H2,1-2H3,(H,11,12). The van der Waals surface area contributed by atoms with Gasteiger partial charge in [0.2, 0.25) is 0 Å². The fourth-order valence-electron chi connectivity index (χ4n) is 1.02. The number of rotatable bonds is 7. The highest BCUT2D eigenvalue weighted by Gasteiger charge is 2.09. The van der Waals surface area contributed by atoms with Gasteiger partial charge in [-0.25, -0.2) is 0 Å². The van der Waals surface area contributed by atoms with Crippen LogP contribution in [0.4, 0.5) is 0 Å². The van der Waals surface area contributed by atoms with Crippen molar-refractivity contribution in [2.75, 3.05) is 6.61 Å². The smallest absolute Gasteiger partial charge is 0.306 e. The minimum Gasteiger partial charge on any atom is -0.481 e. The number of aliphatic carboxylic acids is 1. The van der Waals surface area contributed by atoms with E-state index in [1.54, 1.807) is 0 Å². The van der Waals surface area contributed by atoms with E-state index in [2.05, 4.69) is 0 Å². The zero-order valence-electron chi connectivity index (χ0n) is 8.78. The van der Waals surface area contributed by atoms with Crippen molar-refractivity contribution >= 4 is 11.9 Å². The summed E-state index contributed by atoms with van der Waals surface area (Å²) in [6.45, 7) is 4.49. The van der Waals surface area contributed by atoms with Crippen LogP contribution < -0.4 is 0 Å². The summed E-state index contributed by atoms with van der Waals surface area (Å²) in [7, 11) is 0. The van der Waals surface area contributed by atoms with Gasteiger partial charge in [-0.2, -0.15) is 0 Å². The molecule has 4 heteroatoms. The van der Waals surface area contributed by atoms with E-state index in [0.29, 0.717) is 12.5 Å². The molecule has 82 valence electrons. The molecule has 0 bridgehead atoms. The summed E-state index contributed by atoms with van der Waals surface area (Å²) in [5, 5.41) is 8.32. The predicted octanol–water partition coefficient (Wildman–Crippen LogP) is 1.83. The zero-order chi connectivity index (χ0) is 11.0. The van der Waals surface area contributed by atoms with Crippen molar-refractivity contribution in [2.24, 2.45) is 5.92 Å². The Hall–Kier alpha value is -1.06. The molecule has 0 aliphatic rings. The molecular formula is C10H18O4. The van der Waals surface area contributed by atoms with Gasteiger partial charge in [-0.3, -0.25) is 9.59 Å². The van der Waals surface area contributed by atoms with Gasteiger partial charge in [0, 0.05) is 0 Å². The molecule has 0 saturated carbocycles. The van der Waals surface area contributed by atoms with Gasteiger partial charge < -0.3 is 9.84 Å². The molecule has 0 fully saturated rings. The van der Waals surface area contributed by atoms with Crippen LogP contribution in [0.2, 0.25) is 0 Å². The normalized spacial score (nSPS) is 10.2. The van der Waals surface area contributed by atoms with E-state index in [-0.39, 0.29) is 12.8 Å². The van der Waals surface area contributed by atoms with Crippen LogP contribution in [0.1, 0.15) is 39.5 Å². The average Bonchev–Trinajstić information content (AvgIpc) is 2.16. The first-order chi connectivity index (χ1) is 6.60. The molecule has 0 saturated heterocycles. The molecular weight excluding hydrogens is 184 g/mol. The number of ether oxygens (including phenoxy) is 1. The topological polar surface area (TPSA) is 63.6 Å². The summed E-state index contributed by atoms with van der Waals surface area (Å²) in [4.78, 5) is 21.1. The van der Waals surface area contributed by atoms with E-state index in [4.69, 9.17) is 9.84 Å². The first-order valence-electron chi connectivity index (χ1n) is 4.97. The van der Waals surface area contributed by atoms with E-state index in [0.717, 1.165) is 12.8 Å². The summed E-state index contributed by atoms with van der Waals surface area (Å²) in [5.74, 6) is -0.993. The molecule has 0 rings (SSSR count). The van der Waals surface area contributed by atoms with Crippen LogP contribution in [0.15, 0.2) is 0 Å². The molecule has 1 N–H and O–H groups in total. The lowest BCUT2D eigenvalue weighted by molar-refractivity contribution is -0.148. The number of carboxylic acid groups (broad SMARTS) is 1. The van der Waals surface area contributed by atoms with E-state index in [9.17, 15) is 9.59 Å². The average molecular weight is 202 g/mol. The summed E-state index contributed by atoms with van der Waals surface area (Å²) in [6, 6.07) is 0. The Bertz CT molecular complexity index is 185. The summed E-state index contributed by atoms with van der Waals surface area (Å²) in [5.41, 5.74) is 0. The van der Waals surface area contributed by atoms with E-state index < -0.39 is 11.9 Å². The molecule has 0 atom stereocenters. The van der Waals surface area contributed by atoms with Gasteiger partial charge in [-0.1, -0.05) is 26.7 Å². The summed E-state index contributed by atoms with van der Waals surface area (Å²) >= 11 is 0. The Morgan fingerprint density at radius 3 is 2.21 bits per heavy atom. The molecule has 0 heterocycles. The van der Waals surface area contributed by atoms with Crippen molar-refractivity contribution in [1.29, 1.82) is 0 Å². The molecule has 0 unspecified atom stereocenters. The fourth-order valence-corrected chi connectivity index (χ4v) is 1.02. The Kier molecular flexibility index (Phi) is 6.80. The van der Waals surface area contributed by atoms with Gasteiger partial charge in [0.15, 0.2) is 0 Å². The number of carbonyl (C=O) groups is 2. The number of esters is 1. The molecule has 0 aliphatic carbocycles. The molecule has 14 heavy (non-hydrogen) atoms. The van der Waals surface area contributed by atoms with Gasteiger partial charge in [0.1, 0.15) is 0 Å². The second-order valence-electron chi connectivity index (χ2n) is 3.26. The van der Waals surface area contributed by atoms with Crippen molar-refractivity contribution in [2.45, 2.75) is 39.5 Å². The van der Waals surface area contributed by atoms with Crippen molar-refractivity contribution in [3.63, 3.8) is 0 Å². The SMILES string of the molecule is CCC(CC)COC(=O)CCC(=O)O. The number of hydrogen-bond donors (Lipinski definition) is 1. The summed E-state index contributed by atoms with van der Waals surface area (Å²) < 4.78 is 4.93. The highest BCUT2D eigenvalue weighted by atomic mass is 16.5. The maximum Gasteiger partial charge on any atom is 0.306 e. The van der Waals surface area contributed by atoms with Crippen LogP contribution in [0.3, 0.4) is 0 Å². The molecule has 0 radical (unpaired) electrons. The maximum atomic E-state index is 11.0. The molecule has 0 amide bonds. The molecule has 0 spiro atoms. The Labute approximate surface area is 84.3 Å².